The van der Waals surface area contributed by atoms with Crippen molar-refractivity contribution in [2.24, 2.45) is 0 Å². The lowest BCUT2D eigenvalue weighted by atomic mass is 10.2. The molecule has 0 atom stereocenters. The molecular weight excluding hydrogens is 344 g/mol. The molecule has 1 aliphatic heterocycles. The minimum absolute atomic E-state index is 0.00634. The Morgan fingerprint density at radius 3 is 2.69 bits per heavy atom. The molecule has 0 unspecified atom stereocenters. The van der Waals surface area contributed by atoms with Crippen molar-refractivity contribution >= 4 is 33.3 Å². The summed E-state index contributed by atoms with van der Waals surface area (Å²) in [4.78, 5) is 21.3. The lowest BCUT2D eigenvalue weighted by Crippen LogP contribution is -2.51. The molecule has 4 rings (SSSR count). The first-order valence-electron chi connectivity index (χ1n) is 8.88. The zero-order valence-electron chi connectivity index (χ0n) is 14.8. The monoisotopic (exact) mass is 366 g/mol. The molecule has 1 fully saturated rings. The summed E-state index contributed by atoms with van der Waals surface area (Å²) in [5.74, 6) is 0. The number of nitrogens with one attached hydrogen (secondary N) is 1. The average Bonchev–Trinajstić information content (AvgIpc) is 3.09. The molecule has 5 nitrogen and oxygen atoms in total. The molecule has 2 heterocycles. The van der Waals surface area contributed by atoms with Gasteiger partial charge >= 0.3 is 6.03 Å². The van der Waals surface area contributed by atoms with Crippen LogP contribution < -0.4 is 10.2 Å². The number of benzene rings is 2. The van der Waals surface area contributed by atoms with Crippen molar-refractivity contribution in [1.82, 2.24) is 15.2 Å². The Morgan fingerprint density at radius 1 is 1.12 bits per heavy atom. The summed E-state index contributed by atoms with van der Waals surface area (Å²) in [6, 6.07) is 16.6. The number of urea groups is 1. The number of carbonyl (C=O) groups excluding carboxylic acids is 1. The molecule has 134 valence electrons. The van der Waals surface area contributed by atoms with E-state index in [0.717, 1.165) is 41.4 Å². The SMILES string of the molecule is Cc1cccc(N2CCN(C(=O)NCc3nc4ccccc4s3)CC2)c1. The van der Waals surface area contributed by atoms with Crippen LogP contribution in [0, 0.1) is 6.92 Å². The molecule has 2 amide bonds. The highest BCUT2D eigenvalue weighted by Gasteiger charge is 2.21. The molecule has 26 heavy (non-hydrogen) atoms. The van der Waals surface area contributed by atoms with Gasteiger partial charge in [0.05, 0.1) is 16.8 Å². The quantitative estimate of drug-likeness (QED) is 0.770. The summed E-state index contributed by atoms with van der Waals surface area (Å²) in [5, 5.41) is 3.95. The largest absolute Gasteiger partial charge is 0.368 e. The number of aromatic nitrogens is 1. The van der Waals surface area contributed by atoms with Crippen molar-refractivity contribution in [3.63, 3.8) is 0 Å². The zero-order chi connectivity index (χ0) is 17.9. The number of aryl methyl sites for hydroxylation is 1. The Bertz CT molecular complexity index is 882. The van der Waals surface area contributed by atoms with Gasteiger partial charge in [0, 0.05) is 31.9 Å². The van der Waals surface area contributed by atoms with Gasteiger partial charge in [-0.25, -0.2) is 9.78 Å². The van der Waals surface area contributed by atoms with Crippen LogP contribution in [0.1, 0.15) is 10.6 Å². The van der Waals surface area contributed by atoms with Crippen LogP contribution in [0.15, 0.2) is 48.5 Å². The predicted molar refractivity (Wildman–Crippen MR) is 107 cm³/mol. The maximum absolute atomic E-state index is 12.5. The fraction of sp³-hybridized carbons (Fsp3) is 0.300. The Balaban J connectivity index is 1.30. The highest BCUT2D eigenvalue weighted by atomic mass is 32.1. The van der Waals surface area contributed by atoms with Gasteiger partial charge in [-0.15, -0.1) is 11.3 Å². The number of amides is 2. The second-order valence-electron chi connectivity index (χ2n) is 6.55. The molecular formula is C20H22N4OS. The van der Waals surface area contributed by atoms with E-state index in [1.165, 1.54) is 11.3 Å². The summed E-state index contributed by atoms with van der Waals surface area (Å²) in [6.07, 6.45) is 0. The van der Waals surface area contributed by atoms with Crippen molar-refractivity contribution in [2.45, 2.75) is 13.5 Å². The molecule has 1 N–H and O–H groups in total. The van der Waals surface area contributed by atoms with Gasteiger partial charge in [0.15, 0.2) is 0 Å². The number of para-hydroxylation sites is 1. The molecule has 1 aliphatic rings. The van der Waals surface area contributed by atoms with E-state index in [1.54, 1.807) is 11.3 Å². The number of nitrogens with zero attached hydrogens (tertiary/aromatic N) is 3. The van der Waals surface area contributed by atoms with Crippen molar-refractivity contribution in [3.8, 4) is 0 Å². The third-order valence-corrected chi connectivity index (χ3v) is 5.70. The van der Waals surface area contributed by atoms with E-state index < -0.39 is 0 Å². The van der Waals surface area contributed by atoms with E-state index in [2.05, 4.69) is 52.5 Å². The summed E-state index contributed by atoms with van der Waals surface area (Å²) < 4.78 is 1.16. The van der Waals surface area contributed by atoms with E-state index in [0.29, 0.717) is 6.54 Å². The first kappa shape index (κ1) is 16.8. The summed E-state index contributed by atoms with van der Waals surface area (Å²) in [5.41, 5.74) is 3.49. The van der Waals surface area contributed by atoms with E-state index in [1.807, 2.05) is 23.1 Å². The van der Waals surface area contributed by atoms with Crippen LogP contribution in [-0.2, 0) is 6.54 Å². The summed E-state index contributed by atoms with van der Waals surface area (Å²) in [7, 11) is 0. The number of anilines is 1. The molecule has 0 bridgehead atoms. The molecule has 0 radical (unpaired) electrons. The molecule has 1 saturated heterocycles. The van der Waals surface area contributed by atoms with Crippen LogP contribution in [-0.4, -0.2) is 42.1 Å². The van der Waals surface area contributed by atoms with Crippen LogP contribution in [0.3, 0.4) is 0 Å². The average molecular weight is 366 g/mol. The second-order valence-corrected chi connectivity index (χ2v) is 7.66. The van der Waals surface area contributed by atoms with Crippen molar-refractivity contribution < 1.29 is 4.79 Å². The number of fused-ring (bicyclic) bond motifs is 1. The van der Waals surface area contributed by atoms with E-state index >= 15 is 0 Å². The molecule has 6 heteroatoms. The zero-order valence-corrected chi connectivity index (χ0v) is 15.6. The van der Waals surface area contributed by atoms with Crippen molar-refractivity contribution in [3.05, 3.63) is 59.1 Å². The Hall–Kier alpha value is -2.60. The Labute approximate surface area is 157 Å². The highest BCUT2D eigenvalue weighted by Crippen LogP contribution is 2.21. The molecule has 3 aromatic rings. The molecule has 1 aromatic heterocycles. The molecule has 0 aliphatic carbocycles. The number of carbonyl (C=O) groups is 1. The fourth-order valence-corrected chi connectivity index (χ4v) is 4.16. The molecule has 0 saturated carbocycles. The highest BCUT2D eigenvalue weighted by molar-refractivity contribution is 7.18. The number of thiazole rings is 1. The van der Waals surface area contributed by atoms with E-state index in [-0.39, 0.29) is 6.03 Å². The van der Waals surface area contributed by atoms with Gasteiger partial charge in [-0.1, -0.05) is 24.3 Å². The van der Waals surface area contributed by atoms with Crippen LogP contribution in [0.25, 0.3) is 10.2 Å². The summed E-state index contributed by atoms with van der Waals surface area (Å²) >= 11 is 1.63. The third-order valence-electron chi connectivity index (χ3n) is 4.66. The van der Waals surface area contributed by atoms with E-state index in [9.17, 15) is 4.79 Å². The summed E-state index contributed by atoms with van der Waals surface area (Å²) in [6.45, 7) is 5.78. The van der Waals surface area contributed by atoms with Gasteiger partial charge < -0.3 is 15.1 Å². The number of rotatable bonds is 3. The second kappa shape index (κ2) is 7.33. The van der Waals surface area contributed by atoms with Crippen LogP contribution in [0.5, 0.6) is 0 Å². The maximum atomic E-state index is 12.5. The lowest BCUT2D eigenvalue weighted by Gasteiger charge is -2.36. The van der Waals surface area contributed by atoms with Gasteiger partial charge in [-0.2, -0.15) is 0 Å². The van der Waals surface area contributed by atoms with Crippen molar-refractivity contribution in [2.75, 3.05) is 31.1 Å². The normalized spacial score (nSPS) is 14.7. The maximum Gasteiger partial charge on any atom is 0.317 e. The molecule has 0 spiro atoms. The van der Waals surface area contributed by atoms with Crippen LogP contribution in [0.2, 0.25) is 0 Å². The number of hydrogen-bond donors (Lipinski definition) is 1. The first-order valence-corrected chi connectivity index (χ1v) is 9.69. The van der Waals surface area contributed by atoms with Gasteiger partial charge in [0.25, 0.3) is 0 Å². The van der Waals surface area contributed by atoms with E-state index in [4.69, 9.17) is 0 Å². The number of hydrogen-bond acceptors (Lipinski definition) is 4. The van der Waals surface area contributed by atoms with Crippen LogP contribution in [0.4, 0.5) is 10.5 Å². The topological polar surface area (TPSA) is 48.5 Å². The standard InChI is InChI=1S/C20H22N4OS/c1-15-5-4-6-16(13-15)23-9-11-24(12-10-23)20(25)21-14-19-22-17-7-2-3-8-18(17)26-19/h2-8,13H,9-12,14H2,1H3,(H,21,25). The smallest absolute Gasteiger partial charge is 0.317 e. The number of piperazine rings is 1. The van der Waals surface area contributed by atoms with Crippen LogP contribution >= 0.6 is 11.3 Å². The minimum atomic E-state index is -0.00634. The Morgan fingerprint density at radius 2 is 1.92 bits per heavy atom. The van der Waals surface area contributed by atoms with Gasteiger partial charge in [0.1, 0.15) is 5.01 Å². The van der Waals surface area contributed by atoms with Gasteiger partial charge in [-0.05, 0) is 36.8 Å². The minimum Gasteiger partial charge on any atom is -0.368 e. The fourth-order valence-electron chi connectivity index (χ4n) is 3.25. The third kappa shape index (κ3) is 3.65. The van der Waals surface area contributed by atoms with Gasteiger partial charge in [0.2, 0.25) is 0 Å². The van der Waals surface area contributed by atoms with Crippen molar-refractivity contribution in [1.29, 1.82) is 0 Å². The molecule has 2 aromatic carbocycles. The Kier molecular flexibility index (Phi) is 4.75. The first-order chi connectivity index (χ1) is 12.7. The lowest BCUT2D eigenvalue weighted by molar-refractivity contribution is 0.194. The predicted octanol–water partition coefficient (Wildman–Crippen LogP) is 3.64. The van der Waals surface area contributed by atoms with Gasteiger partial charge in [-0.3, -0.25) is 0 Å².